The zero-order chi connectivity index (χ0) is 12.0. The SMILES string of the molecule is NNC(CCCCl)Cc1c(F)cccc1F. The van der Waals surface area contributed by atoms with Crippen molar-refractivity contribution >= 4 is 11.6 Å². The molecule has 0 bridgehead atoms. The Hall–Kier alpha value is -0.710. The highest BCUT2D eigenvalue weighted by Gasteiger charge is 2.14. The summed E-state index contributed by atoms with van der Waals surface area (Å²) in [6.45, 7) is 0. The predicted molar refractivity (Wildman–Crippen MR) is 61.1 cm³/mol. The van der Waals surface area contributed by atoms with Crippen molar-refractivity contribution in [2.75, 3.05) is 5.88 Å². The molecule has 5 heteroatoms. The van der Waals surface area contributed by atoms with E-state index < -0.39 is 11.6 Å². The van der Waals surface area contributed by atoms with Gasteiger partial charge in [-0.05, 0) is 31.4 Å². The number of alkyl halides is 1. The van der Waals surface area contributed by atoms with Crippen molar-refractivity contribution in [2.45, 2.75) is 25.3 Å². The van der Waals surface area contributed by atoms with E-state index in [1.165, 1.54) is 18.2 Å². The van der Waals surface area contributed by atoms with E-state index in [0.717, 1.165) is 6.42 Å². The topological polar surface area (TPSA) is 38.0 Å². The van der Waals surface area contributed by atoms with Crippen LogP contribution in [-0.2, 0) is 6.42 Å². The Kier molecular flexibility index (Phi) is 5.66. The molecule has 0 amide bonds. The van der Waals surface area contributed by atoms with Crippen LogP contribution in [0.25, 0.3) is 0 Å². The molecule has 0 saturated heterocycles. The van der Waals surface area contributed by atoms with Gasteiger partial charge in [-0.1, -0.05) is 6.07 Å². The van der Waals surface area contributed by atoms with Gasteiger partial charge in [-0.2, -0.15) is 0 Å². The fraction of sp³-hybridized carbons (Fsp3) is 0.455. The Morgan fingerprint density at radius 1 is 1.31 bits per heavy atom. The molecule has 0 spiro atoms. The summed E-state index contributed by atoms with van der Waals surface area (Å²) in [5.74, 6) is 4.76. The van der Waals surface area contributed by atoms with Crippen molar-refractivity contribution in [3.05, 3.63) is 35.4 Å². The molecule has 0 aliphatic carbocycles. The van der Waals surface area contributed by atoms with Gasteiger partial charge in [-0.25, -0.2) is 8.78 Å². The first-order valence-electron chi connectivity index (χ1n) is 5.14. The Balaban J connectivity index is 2.69. The summed E-state index contributed by atoms with van der Waals surface area (Å²) >= 11 is 5.55. The second-order valence-corrected chi connectivity index (χ2v) is 3.98. The normalized spacial score (nSPS) is 12.8. The zero-order valence-electron chi connectivity index (χ0n) is 8.85. The number of nitrogens with one attached hydrogen (secondary N) is 1. The predicted octanol–water partition coefficient (Wildman–Crippen LogP) is 2.36. The number of benzene rings is 1. The van der Waals surface area contributed by atoms with Crippen LogP contribution in [0.2, 0.25) is 0 Å². The number of hydrogen-bond donors (Lipinski definition) is 2. The lowest BCUT2D eigenvalue weighted by Gasteiger charge is -2.16. The summed E-state index contributed by atoms with van der Waals surface area (Å²) in [6.07, 6.45) is 1.67. The third-order valence-corrected chi connectivity index (χ3v) is 2.70. The molecule has 1 rings (SSSR count). The number of hydrazine groups is 1. The van der Waals surface area contributed by atoms with Gasteiger partial charge in [0.1, 0.15) is 11.6 Å². The van der Waals surface area contributed by atoms with Crippen LogP contribution < -0.4 is 11.3 Å². The molecule has 0 heterocycles. The Bertz CT molecular complexity index is 314. The first-order valence-corrected chi connectivity index (χ1v) is 5.67. The van der Waals surface area contributed by atoms with Crippen LogP contribution in [0.4, 0.5) is 8.78 Å². The van der Waals surface area contributed by atoms with Crippen LogP contribution in [0.15, 0.2) is 18.2 Å². The van der Waals surface area contributed by atoms with Crippen molar-refractivity contribution in [3.63, 3.8) is 0 Å². The van der Waals surface area contributed by atoms with Crippen molar-refractivity contribution in [1.82, 2.24) is 5.43 Å². The van der Waals surface area contributed by atoms with Crippen molar-refractivity contribution in [2.24, 2.45) is 5.84 Å². The van der Waals surface area contributed by atoms with Crippen LogP contribution in [0.3, 0.4) is 0 Å². The summed E-state index contributed by atoms with van der Waals surface area (Å²) in [7, 11) is 0. The van der Waals surface area contributed by atoms with Crippen molar-refractivity contribution in [1.29, 1.82) is 0 Å². The van der Waals surface area contributed by atoms with Crippen molar-refractivity contribution < 1.29 is 8.78 Å². The van der Waals surface area contributed by atoms with Gasteiger partial charge in [-0.15, -0.1) is 11.6 Å². The lowest BCUT2D eigenvalue weighted by atomic mass is 10.0. The monoisotopic (exact) mass is 248 g/mol. The number of hydrogen-bond acceptors (Lipinski definition) is 2. The molecule has 16 heavy (non-hydrogen) atoms. The molecule has 90 valence electrons. The molecule has 0 radical (unpaired) electrons. The molecule has 1 aromatic carbocycles. The largest absolute Gasteiger partial charge is 0.271 e. The number of rotatable bonds is 6. The number of halogens is 3. The molecule has 1 aromatic rings. The minimum Gasteiger partial charge on any atom is -0.271 e. The van der Waals surface area contributed by atoms with Gasteiger partial charge in [0, 0.05) is 17.5 Å². The van der Waals surface area contributed by atoms with Gasteiger partial charge >= 0.3 is 0 Å². The summed E-state index contributed by atoms with van der Waals surface area (Å²) < 4.78 is 26.7. The van der Waals surface area contributed by atoms with Gasteiger partial charge in [0.15, 0.2) is 0 Å². The Morgan fingerprint density at radius 2 is 1.94 bits per heavy atom. The fourth-order valence-electron chi connectivity index (χ4n) is 1.54. The van der Waals surface area contributed by atoms with Crippen molar-refractivity contribution in [3.8, 4) is 0 Å². The van der Waals surface area contributed by atoms with Gasteiger partial charge < -0.3 is 0 Å². The summed E-state index contributed by atoms with van der Waals surface area (Å²) in [4.78, 5) is 0. The van der Waals surface area contributed by atoms with Gasteiger partial charge in [0.05, 0.1) is 0 Å². The maximum atomic E-state index is 13.3. The fourth-order valence-corrected chi connectivity index (χ4v) is 1.70. The maximum Gasteiger partial charge on any atom is 0.129 e. The Morgan fingerprint density at radius 3 is 2.44 bits per heavy atom. The molecular weight excluding hydrogens is 234 g/mol. The van der Waals surface area contributed by atoms with E-state index in [0.29, 0.717) is 12.3 Å². The van der Waals surface area contributed by atoms with Gasteiger partial charge in [0.2, 0.25) is 0 Å². The van der Waals surface area contributed by atoms with E-state index in [4.69, 9.17) is 17.4 Å². The lowest BCUT2D eigenvalue weighted by molar-refractivity contribution is 0.461. The average Bonchev–Trinajstić information content (AvgIpc) is 2.28. The highest BCUT2D eigenvalue weighted by molar-refractivity contribution is 6.17. The zero-order valence-corrected chi connectivity index (χ0v) is 9.61. The first kappa shape index (κ1) is 13.4. The molecule has 0 aliphatic heterocycles. The van der Waals surface area contributed by atoms with E-state index >= 15 is 0 Å². The first-order chi connectivity index (χ1) is 7.69. The van der Waals surface area contributed by atoms with Crippen LogP contribution in [0.1, 0.15) is 18.4 Å². The maximum absolute atomic E-state index is 13.3. The molecule has 3 N–H and O–H groups in total. The van der Waals surface area contributed by atoms with E-state index in [1.807, 2.05) is 0 Å². The number of nitrogens with two attached hydrogens (primary N) is 1. The standard InChI is InChI=1S/C11H15ClF2N2/c12-6-2-3-8(16-15)7-9-10(13)4-1-5-11(9)14/h1,4-5,8,16H,2-3,6-7,15H2. The second-order valence-electron chi connectivity index (χ2n) is 3.60. The molecular formula is C11H15ClF2N2. The highest BCUT2D eigenvalue weighted by Crippen LogP contribution is 2.15. The summed E-state index contributed by atoms with van der Waals surface area (Å²) in [6, 6.07) is 3.67. The molecule has 0 saturated carbocycles. The molecule has 2 nitrogen and oxygen atoms in total. The van der Waals surface area contributed by atoms with E-state index in [-0.39, 0.29) is 18.0 Å². The molecule has 0 fully saturated rings. The third-order valence-electron chi connectivity index (χ3n) is 2.43. The van der Waals surface area contributed by atoms with Crippen LogP contribution in [-0.4, -0.2) is 11.9 Å². The van der Waals surface area contributed by atoms with Crippen LogP contribution in [0.5, 0.6) is 0 Å². The average molecular weight is 249 g/mol. The smallest absolute Gasteiger partial charge is 0.129 e. The molecule has 1 unspecified atom stereocenters. The summed E-state index contributed by atoms with van der Waals surface area (Å²) in [5.41, 5.74) is 2.62. The molecule has 0 aromatic heterocycles. The minimum atomic E-state index is -0.536. The van der Waals surface area contributed by atoms with Crippen LogP contribution >= 0.6 is 11.6 Å². The molecule has 1 atom stereocenters. The second kappa shape index (κ2) is 6.78. The van der Waals surface area contributed by atoms with E-state index in [2.05, 4.69) is 5.43 Å². The minimum absolute atomic E-state index is 0.0695. The molecule has 0 aliphatic rings. The van der Waals surface area contributed by atoms with Crippen LogP contribution in [0, 0.1) is 11.6 Å². The van der Waals surface area contributed by atoms with E-state index in [9.17, 15) is 8.78 Å². The Labute approximate surface area is 98.8 Å². The highest BCUT2D eigenvalue weighted by atomic mass is 35.5. The third kappa shape index (κ3) is 3.70. The van der Waals surface area contributed by atoms with Gasteiger partial charge in [-0.3, -0.25) is 11.3 Å². The summed E-state index contributed by atoms with van der Waals surface area (Å²) in [5, 5.41) is 0. The van der Waals surface area contributed by atoms with Gasteiger partial charge in [0.25, 0.3) is 0 Å². The van der Waals surface area contributed by atoms with E-state index in [1.54, 1.807) is 0 Å². The lowest BCUT2D eigenvalue weighted by Crippen LogP contribution is -2.37. The quantitative estimate of drug-likeness (QED) is 0.461.